The van der Waals surface area contributed by atoms with E-state index in [1.54, 1.807) is 12.6 Å². The van der Waals surface area contributed by atoms with Gasteiger partial charge in [-0.05, 0) is 42.5 Å². The van der Waals surface area contributed by atoms with E-state index in [-0.39, 0.29) is 5.91 Å². The second-order valence-electron chi connectivity index (χ2n) is 6.11. The molecule has 1 aliphatic rings. The Morgan fingerprint density at radius 3 is 2.21 bits per heavy atom. The Labute approximate surface area is 142 Å². The lowest BCUT2D eigenvalue weighted by Crippen LogP contribution is -2.57. The van der Waals surface area contributed by atoms with Crippen molar-refractivity contribution >= 4 is 11.8 Å². The third-order valence-corrected chi connectivity index (χ3v) is 4.43. The molecule has 0 aliphatic carbocycles. The molecule has 1 aromatic carbocycles. The van der Waals surface area contributed by atoms with Crippen molar-refractivity contribution in [2.75, 3.05) is 13.7 Å². The van der Waals surface area contributed by atoms with Crippen molar-refractivity contribution < 1.29 is 19.5 Å². The van der Waals surface area contributed by atoms with E-state index in [2.05, 4.69) is 13.8 Å². The van der Waals surface area contributed by atoms with E-state index in [9.17, 15) is 9.59 Å². The van der Waals surface area contributed by atoms with Gasteiger partial charge in [0.15, 0.2) is 0 Å². The number of benzene rings is 1. The summed E-state index contributed by atoms with van der Waals surface area (Å²) in [6.45, 7) is 4.70. The van der Waals surface area contributed by atoms with Gasteiger partial charge >= 0.3 is 0 Å². The molecule has 1 aliphatic heterocycles. The van der Waals surface area contributed by atoms with Crippen LogP contribution in [-0.2, 0) is 17.6 Å². The number of methoxy groups -OCH3 is 1. The number of amides is 2. The van der Waals surface area contributed by atoms with Crippen molar-refractivity contribution in [3.05, 3.63) is 28.8 Å². The quantitative estimate of drug-likeness (QED) is 0.592. The monoisotopic (exact) mass is 334 g/mol. The minimum atomic E-state index is -0.589. The van der Waals surface area contributed by atoms with Gasteiger partial charge in [-0.1, -0.05) is 26.7 Å². The minimum Gasteiger partial charge on any atom is -0.496 e. The van der Waals surface area contributed by atoms with Crippen molar-refractivity contribution in [1.29, 1.82) is 0 Å². The second kappa shape index (κ2) is 8.15. The number of hydrogen-bond acceptors (Lipinski definition) is 4. The van der Waals surface area contributed by atoms with E-state index in [1.807, 2.05) is 12.1 Å². The highest BCUT2D eigenvalue weighted by atomic mass is 16.5. The molecule has 1 saturated heterocycles. The van der Waals surface area contributed by atoms with Crippen LogP contribution in [0.2, 0.25) is 0 Å². The van der Waals surface area contributed by atoms with Gasteiger partial charge in [0, 0.05) is 12.1 Å². The molecule has 0 saturated carbocycles. The number of carbonyl (C=O) groups excluding carboxylic acids is 2. The van der Waals surface area contributed by atoms with Crippen LogP contribution in [0.5, 0.6) is 5.75 Å². The van der Waals surface area contributed by atoms with Gasteiger partial charge < -0.3 is 9.64 Å². The summed E-state index contributed by atoms with van der Waals surface area (Å²) >= 11 is 0. The van der Waals surface area contributed by atoms with Crippen molar-refractivity contribution in [2.45, 2.75) is 52.0 Å². The molecule has 1 fully saturated rings. The van der Waals surface area contributed by atoms with Gasteiger partial charge in [0.25, 0.3) is 11.8 Å². The first-order chi connectivity index (χ1) is 11.6. The zero-order valence-corrected chi connectivity index (χ0v) is 14.6. The standard InChI is InChI=1S/C18H26N2O4/c1-4-6-12-10-14(11-13(7-5-2)16(12)24-3)18(22)20-9-8-15(20)17(21)19-23/h10-11,15,23H,4-9H2,1-3H3,(H,19,21). The van der Waals surface area contributed by atoms with Crippen LogP contribution < -0.4 is 10.2 Å². The minimum absolute atomic E-state index is 0.174. The molecule has 0 radical (unpaired) electrons. The molecule has 1 aromatic rings. The Morgan fingerprint density at radius 2 is 1.83 bits per heavy atom. The maximum Gasteiger partial charge on any atom is 0.266 e. The predicted octanol–water partition coefficient (Wildman–Crippen LogP) is 2.32. The lowest BCUT2D eigenvalue weighted by atomic mass is 9.95. The summed E-state index contributed by atoms with van der Waals surface area (Å²) in [6, 6.07) is 3.15. The van der Waals surface area contributed by atoms with Gasteiger partial charge in [-0.15, -0.1) is 0 Å². The first-order valence-electron chi connectivity index (χ1n) is 8.52. The van der Waals surface area contributed by atoms with Crippen molar-refractivity contribution in [3.8, 4) is 5.75 Å². The summed E-state index contributed by atoms with van der Waals surface area (Å²) < 4.78 is 5.57. The maximum atomic E-state index is 12.8. The number of ether oxygens (including phenoxy) is 1. The number of aryl methyl sites for hydroxylation is 2. The van der Waals surface area contributed by atoms with Crippen LogP contribution in [0, 0.1) is 0 Å². The number of nitrogens with one attached hydrogen (secondary N) is 1. The van der Waals surface area contributed by atoms with E-state index >= 15 is 0 Å². The van der Waals surface area contributed by atoms with Crippen LogP contribution in [0.15, 0.2) is 12.1 Å². The molecule has 2 N–H and O–H groups in total. The van der Waals surface area contributed by atoms with E-state index in [1.165, 1.54) is 4.90 Å². The third-order valence-electron chi connectivity index (χ3n) is 4.43. The van der Waals surface area contributed by atoms with Crippen molar-refractivity contribution in [2.24, 2.45) is 0 Å². The molecule has 6 nitrogen and oxygen atoms in total. The van der Waals surface area contributed by atoms with Crippen LogP contribution in [0.25, 0.3) is 0 Å². The summed E-state index contributed by atoms with van der Waals surface area (Å²) in [6.07, 6.45) is 4.15. The van der Waals surface area contributed by atoms with Crippen LogP contribution >= 0.6 is 0 Å². The fraction of sp³-hybridized carbons (Fsp3) is 0.556. The average Bonchev–Trinajstić information content (AvgIpc) is 2.54. The Balaban J connectivity index is 2.35. The average molecular weight is 334 g/mol. The van der Waals surface area contributed by atoms with Crippen LogP contribution in [0.1, 0.15) is 54.6 Å². The lowest BCUT2D eigenvalue weighted by molar-refractivity contribution is -0.137. The van der Waals surface area contributed by atoms with Crippen LogP contribution in [0.3, 0.4) is 0 Å². The molecule has 6 heteroatoms. The molecule has 1 unspecified atom stereocenters. The molecule has 1 atom stereocenters. The van der Waals surface area contributed by atoms with Crippen molar-refractivity contribution in [1.82, 2.24) is 10.4 Å². The number of hydrogen-bond donors (Lipinski definition) is 2. The largest absolute Gasteiger partial charge is 0.496 e. The van der Waals surface area contributed by atoms with Gasteiger partial charge in [-0.25, -0.2) is 5.48 Å². The molecule has 24 heavy (non-hydrogen) atoms. The van der Waals surface area contributed by atoms with Crippen molar-refractivity contribution in [3.63, 3.8) is 0 Å². The van der Waals surface area contributed by atoms with E-state index < -0.39 is 11.9 Å². The SMILES string of the molecule is CCCc1cc(C(=O)N2CCC2C(=O)NO)cc(CCC)c1OC. The fourth-order valence-corrected chi connectivity index (χ4v) is 3.19. The number of hydroxylamine groups is 1. The molecule has 0 bridgehead atoms. The number of rotatable bonds is 7. The van der Waals surface area contributed by atoms with Gasteiger partial charge in [-0.3, -0.25) is 14.8 Å². The van der Waals surface area contributed by atoms with E-state index in [4.69, 9.17) is 9.94 Å². The smallest absolute Gasteiger partial charge is 0.266 e. The normalized spacial score (nSPS) is 16.5. The molecule has 132 valence electrons. The van der Waals surface area contributed by atoms with E-state index in [0.29, 0.717) is 18.5 Å². The number of likely N-dealkylation sites (tertiary alicyclic amines) is 1. The maximum absolute atomic E-state index is 12.8. The number of carbonyl (C=O) groups is 2. The first-order valence-corrected chi connectivity index (χ1v) is 8.52. The summed E-state index contributed by atoms with van der Waals surface area (Å²) in [7, 11) is 1.66. The Hall–Kier alpha value is -2.08. The lowest BCUT2D eigenvalue weighted by Gasteiger charge is -2.39. The molecule has 0 spiro atoms. The molecule has 1 heterocycles. The van der Waals surface area contributed by atoms with Gasteiger partial charge in [0.1, 0.15) is 11.8 Å². The summed E-state index contributed by atoms with van der Waals surface area (Å²) in [5.41, 5.74) is 4.27. The highest BCUT2D eigenvalue weighted by Crippen LogP contribution is 2.30. The summed E-state index contributed by atoms with van der Waals surface area (Å²) in [5.74, 6) is 0.154. The third kappa shape index (κ3) is 3.53. The van der Waals surface area contributed by atoms with Gasteiger partial charge in [-0.2, -0.15) is 0 Å². The zero-order valence-electron chi connectivity index (χ0n) is 14.6. The molecular weight excluding hydrogens is 308 g/mol. The van der Waals surface area contributed by atoms with Crippen LogP contribution in [-0.4, -0.2) is 41.6 Å². The number of nitrogens with zero attached hydrogens (tertiary/aromatic N) is 1. The molecular formula is C18H26N2O4. The topological polar surface area (TPSA) is 78.9 Å². The highest BCUT2D eigenvalue weighted by Gasteiger charge is 2.38. The zero-order chi connectivity index (χ0) is 17.7. The van der Waals surface area contributed by atoms with E-state index in [0.717, 1.165) is 42.6 Å². The Kier molecular flexibility index (Phi) is 6.20. The van der Waals surface area contributed by atoms with Gasteiger partial charge in [0.05, 0.1) is 7.11 Å². The second-order valence-corrected chi connectivity index (χ2v) is 6.11. The highest BCUT2D eigenvalue weighted by molar-refractivity contribution is 5.99. The Morgan fingerprint density at radius 1 is 1.25 bits per heavy atom. The predicted molar refractivity (Wildman–Crippen MR) is 90.4 cm³/mol. The summed E-state index contributed by atoms with van der Waals surface area (Å²) in [4.78, 5) is 25.9. The molecule has 2 rings (SSSR count). The summed E-state index contributed by atoms with van der Waals surface area (Å²) in [5, 5.41) is 8.78. The van der Waals surface area contributed by atoms with Crippen LogP contribution in [0.4, 0.5) is 0 Å². The first kappa shape index (κ1) is 18.3. The molecule has 2 amide bonds. The Bertz CT molecular complexity index is 588. The fourth-order valence-electron chi connectivity index (χ4n) is 3.19. The van der Waals surface area contributed by atoms with Gasteiger partial charge in [0.2, 0.25) is 0 Å². The molecule has 0 aromatic heterocycles.